The summed E-state index contributed by atoms with van der Waals surface area (Å²) in [6.45, 7) is 0.718. The summed E-state index contributed by atoms with van der Waals surface area (Å²) in [5.74, 6) is 0.554. The van der Waals surface area contributed by atoms with Gasteiger partial charge in [-0.2, -0.15) is 0 Å². The predicted octanol–water partition coefficient (Wildman–Crippen LogP) is 5.04. The number of nitrogens with one attached hydrogen (secondary N) is 1. The van der Waals surface area contributed by atoms with Crippen LogP contribution in [-0.4, -0.2) is 14.2 Å². The Bertz CT molecular complexity index is 629. The molecular formula is C15H14Cl3NO. The molecule has 1 N–H and O–H groups in total. The quantitative estimate of drug-likeness (QED) is 0.847. The van der Waals surface area contributed by atoms with Crippen LogP contribution in [-0.2, 0) is 6.54 Å². The van der Waals surface area contributed by atoms with Crippen molar-refractivity contribution in [1.82, 2.24) is 5.32 Å². The van der Waals surface area contributed by atoms with Gasteiger partial charge in [0.05, 0.1) is 17.2 Å². The van der Waals surface area contributed by atoms with Crippen LogP contribution in [0.4, 0.5) is 0 Å². The number of rotatable bonds is 4. The molecule has 0 heterocycles. The Morgan fingerprint density at radius 1 is 1.00 bits per heavy atom. The highest BCUT2D eigenvalue weighted by Gasteiger charge is 2.11. The van der Waals surface area contributed by atoms with E-state index in [0.717, 1.165) is 23.2 Å². The molecule has 2 aromatic carbocycles. The molecule has 0 aromatic heterocycles. The fraction of sp³-hybridized carbons (Fsp3) is 0.200. The monoisotopic (exact) mass is 329 g/mol. The van der Waals surface area contributed by atoms with Crippen molar-refractivity contribution in [3.05, 3.63) is 51.0 Å². The van der Waals surface area contributed by atoms with Crippen LogP contribution in [0.2, 0.25) is 15.1 Å². The smallest absolute Gasteiger partial charge is 0.138 e. The molecule has 106 valence electrons. The molecule has 20 heavy (non-hydrogen) atoms. The minimum absolute atomic E-state index is 0.516. The Morgan fingerprint density at radius 2 is 1.75 bits per heavy atom. The minimum Gasteiger partial charge on any atom is -0.495 e. The Labute approximate surface area is 133 Å². The van der Waals surface area contributed by atoms with Crippen molar-refractivity contribution in [2.24, 2.45) is 0 Å². The van der Waals surface area contributed by atoms with Crippen molar-refractivity contribution in [3.8, 4) is 16.9 Å². The summed E-state index contributed by atoms with van der Waals surface area (Å²) in [4.78, 5) is 0. The molecule has 0 bridgehead atoms. The fourth-order valence-electron chi connectivity index (χ4n) is 1.95. The zero-order valence-electron chi connectivity index (χ0n) is 11.1. The number of hydrogen-bond acceptors (Lipinski definition) is 2. The molecule has 0 saturated heterocycles. The Hall–Kier alpha value is -0.930. The SMILES string of the molecule is CNCc1ccc(-c2cc(Cl)c(OC)cc2Cl)cc1Cl. The maximum atomic E-state index is 6.27. The van der Waals surface area contributed by atoms with Crippen molar-refractivity contribution in [3.63, 3.8) is 0 Å². The van der Waals surface area contributed by atoms with E-state index in [-0.39, 0.29) is 0 Å². The Morgan fingerprint density at radius 3 is 2.35 bits per heavy atom. The average Bonchev–Trinajstić information content (AvgIpc) is 2.43. The molecular weight excluding hydrogens is 317 g/mol. The van der Waals surface area contributed by atoms with E-state index in [1.54, 1.807) is 19.2 Å². The van der Waals surface area contributed by atoms with Gasteiger partial charge in [0, 0.05) is 23.2 Å². The zero-order valence-corrected chi connectivity index (χ0v) is 13.4. The van der Waals surface area contributed by atoms with Gasteiger partial charge in [-0.25, -0.2) is 0 Å². The van der Waals surface area contributed by atoms with Crippen LogP contribution in [0.25, 0.3) is 11.1 Å². The third-order valence-electron chi connectivity index (χ3n) is 2.97. The second-order valence-electron chi connectivity index (χ2n) is 4.30. The molecule has 0 spiro atoms. The van der Waals surface area contributed by atoms with E-state index in [1.165, 1.54) is 0 Å². The highest BCUT2D eigenvalue weighted by molar-refractivity contribution is 6.36. The summed E-state index contributed by atoms with van der Waals surface area (Å²) in [7, 11) is 3.44. The van der Waals surface area contributed by atoms with Crippen LogP contribution in [0, 0.1) is 0 Å². The third kappa shape index (κ3) is 3.21. The van der Waals surface area contributed by atoms with Crippen molar-refractivity contribution < 1.29 is 4.74 Å². The number of methoxy groups -OCH3 is 1. The summed E-state index contributed by atoms with van der Waals surface area (Å²) in [5, 5.41) is 4.85. The fourth-order valence-corrected chi connectivity index (χ4v) is 2.71. The molecule has 0 saturated carbocycles. The molecule has 2 rings (SSSR count). The van der Waals surface area contributed by atoms with Gasteiger partial charge in [-0.1, -0.05) is 46.9 Å². The molecule has 5 heteroatoms. The first-order valence-corrected chi connectivity index (χ1v) is 7.16. The van der Waals surface area contributed by atoms with E-state index in [0.29, 0.717) is 20.8 Å². The lowest BCUT2D eigenvalue weighted by Crippen LogP contribution is -2.05. The average molecular weight is 331 g/mol. The van der Waals surface area contributed by atoms with Gasteiger partial charge in [0.1, 0.15) is 5.75 Å². The zero-order chi connectivity index (χ0) is 14.7. The summed E-state index contributed by atoms with van der Waals surface area (Å²) in [6.07, 6.45) is 0. The summed E-state index contributed by atoms with van der Waals surface area (Å²) >= 11 is 18.7. The van der Waals surface area contributed by atoms with Gasteiger partial charge < -0.3 is 10.1 Å². The highest BCUT2D eigenvalue weighted by atomic mass is 35.5. The van der Waals surface area contributed by atoms with Crippen LogP contribution in [0.5, 0.6) is 5.75 Å². The summed E-state index contributed by atoms with van der Waals surface area (Å²) in [6, 6.07) is 9.32. The molecule has 2 nitrogen and oxygen atoms in total. The van der Waals surface area contributed by atoms with E-state index >= 15 is 0 Å². The molecule has 2 aromatic rings. The van der Waals surface area contributed by atoms with E-state index < -0.39 is 0 Å². The molecule has 0 aliphatic carbocycles. The van der Waals surface area contributed by atoms with Gasteiger partial charge >= 0.3 is 0 Å². The van der Waals surface area contributed by atoms with E-state index in [2.05, 4.69) is 5.32 Å². The number of halogens is 3. The molecule has 0 radical (unpaired) electrons. The van der Waals surface area contributed by atoms with Crippen molar-refractivity contribution in [2.45, 2.75) is 6.54 Å². The Kier molecular flexibility index (Phi) is 5.17. The van der Waals surface area contributed by atoms with Crippen LogP contribution in [0.3, 0.4) is 0 Å². The maximum absolute atomic E-state index is 6.27. The first-order valence-electron chi connectivity index (χ1n) is 6.03. The summed E-state index contributed by atoms with van der Waals surface area (Å²) in [5.41, 5.74) is 2.79. The van der Waals surface area contributed by atoms with Crippen molar-refractivity contribution in [1.29, 1.82) is 0 Å². The lowest BCUT2D eigenvalue weighted by atomic mass is 10.0. The predicted molar refractivity (Wildman–Crippen MR) is 86.2 cm³/mol. The minimum atomic E-state index is 0.516. The lowest BCUT2D eigenvalue weighted by molar-refractivity contribution is 0.415. The normalized spacial score (nSPS) is 10.7. The van der Waals surface area contributed by atoms with E-state index in [9.17, 15) is 0 Å². The number of hydrogen-bond donors (Lipinski definition) is 1. The number of ether oxygens (including phenoxy) is 1. The molecule has 0 amide bonds. The van der Waals surface area contributed by atoms with Crippen molar-refractivity contribution in [2.75, 3.05) is 14.2 Å². The van der Waals surface area contributed by atoms with E-state index in [4.69, 9.17) is 39.5 Å². The van der Waals surface area contributed by atoms with Crippen LogP contribution in [0.15, 0.2) is 30.3 Å². The van der Waals surface area contributed by atoms with Gasteiger partial charge in [-0.05, 0) is 30.3 Å². The van der Waals surface area contributed by atoms with Gasteiger partial charge in [-0.15, -0.1) is 0 Å². The maximum Gasteiger partial charge on any atom is 0.138 e. The molecule has 0 atom stereocenters. The highest BCUT2D eigenvalue weighted by Crippen LogP contribution is 2.37. The summed E-state index contributed by atoms with van der Waals surface area (Å²) < 4.78 is 5.14. The second kappa shape index (κ2) is 6.68. The number of benzene rings is 2. The van der Waals surface area contributed by atoms with Gasteiger partial charge in [0.2, 0.25) is 0 Å². The van der Waals surface area contributed by atoms with Gasteiger partial charge in [0.25, 0.3) is 0 Å². The second-order valence-corrected chi connectivity index (χ2v) is 5.52. The lowest BCUT2D eigenvalue weighted by Gasteiger charge is -2.11. The molecule has 0 aliphatic rings. The first kappa shape index (κ1) is 15.5. The Balaban J connectivity index is 2.46. The van der Waals surface area contributed by atoms with Crippen molar-refractivity contribution >= 4 is 34.8 Å². The van der Waals surface area contributed by atoms with Crippen LogP contribution in [0.1, 0.15) is 5.56 Å². The molecule has 0 unspecified atom stereocenters. The van der Waals surface area contributed by atoms with Crippen LogP contribution < -0.4 is 10.1 Å². The molecule has 0 fully saturated rings. The topological polar surface area (TPSA) is 21.3 Å². The van der Waals surface area contributed by atoms with Gasteiger partial charge in [0.15, 0.2) is 0 Å². The largest absolute Gasteiger partial charge is 0.495 e. The van der Waals surface area contributed by atoms with Crippen LogP contribution >= 0.6 is 34.8 Å². The third-order valence-corrected chi connectivity index (χ3v) is 3.93. The van der Waals surface area contributed by atoms with Gasteiger partial charge in [-0.3, -0.25) is 0 Å². The molecule has 0 aliphatic heterocycles. The van der Waals surface area contributed by atoms with E-state index in [1.807, 2.05) is 25.2 Å². The first-order chi connectivity index (χ1) is 9.56. The standard InChI is InChI=1S/C15H14Cl3NO/c1-19-8-10-4-3-9(5-12(10)16)11-6-14(18)15(20-2)7-13(11)17/h3-7,19H,8H2,1-2H3.